The van der Waals surface area contributed by atoms with Crippen LogP contribution in [0.15, 0.2) is 30.7 Å². The number of pyridine rings is 1. The number of fused-ring (bicyclic) bond motifs is 3. The molecule has 4 rings (SSSR count). The van der Waals surface area contributed by atoms with Crippen LogP contribution in [-0.4, -0.2) is 68.3 Å². The van der Waals surface area contributed by atoms with E-state index in [0.29, 0.717) is 30.3 Å². The fraction of sp³-hybridized carbons (Fsp3) is 0.476. The average molecular weight is 490 g/mol. The van der Waals surface area contributed by atoms with Crippen molar-refractivity contribution >= 4 is 16.0 Å². The van der Waals surface area contributed by atoms with Crippen molar-refractivity contribution in [2.45, 2.75) is 44.6 Å². The van der Waals surface area contributed by atoms with Gasteiger partial charge in [0.2, 0.25) is 21.9 Å². The number of nitrogens with zero attached hydrogens (tertiary/aromatic N) is 6. The number of aromatic nitrogens is 6. The summed E-state index contributed by atoms with van der Waals surface area (Å²) in [6.07, 6.45) is 4.62. The highest BCUT2D eigenvalue weighted by Gasteiger charge is 2.36. The molecule has 34 heavy (non-hydrogen) atoms. The number of hydrogen-bond acceptors (Lipinski definition) is 10. The third kappa shape index (κ3) is 4.72. The highest BCUT2D eigenvalue weighted by atomic mass is 32.2. The van der Waals surface area contributed by atoms with E-state index < -0.39 is 27.4 Å². The number of ether oxygens (including phenoxy) is 2. The Bertz CT molecular complexity index is 1230. The molecule has 2 N–H and O–H groups in total. The maximum absolute atomic E-state index is 13.4. The quantitative estimate of drug-likeness (QED) is 0.453. The van der Waals surface area contributed by atoms with Gasteiger partial charge in [-0.25, -0.2) is 23.4 Å². The maximum Gasteiger partial charge on any atom is 0.240 e. The Morgan fingerprint density at radius 1 is 1.29 bits per heavy atom. The lowest BCUT2D eigenvalue weighted by molar-refractivity contribution is 0.0466. The van der Waals surface area contributed by atoms with Crippen LogP contribution in [0.2, 0.25) is 0 Å². The Hall–Kier alpha value is -3.16. The minimum atomic E-state index is -4.04. The van der Waals surface area contributed by atoms with Crippen LogP contribution in [-0.2, 0) is 14.8 Å². The molecular formula is C21H27N7O5S. The van der Waals surface area contributed by atoms with Crippen LogP contribution in [0.1, 0.15) is 43.8 Å². The van der Waals surface area contributed by atoms with Crippen molar-refractivity contribution in [1.82, 2.24) is 29.7 Å². The van der Waals surface area contributed by atoms with E-state index in [1.807, 2.05) is 13.8 Å². The maximum atomic E-state index is 13.4. The van der Waals surface area contributed by atoms with Gasteiger partial charge in [-0.2, -0.15) is 0 Å². The van der Waals surface area contributed by atoms with E-state index in [-0.39, 0.29) is 25.0 Å². The van der Waals surface area contributed by atoms with Gasteiger partial charge in [-0.05, 0) is 38.0 Å². The largest absolute Gasteiger partial charge is 0.475 e. The monoisotopic (exact) mass is 489 g/mol. The zero-order valence-corrected chi connectivity index (χ0v) is 19.9. The zero-order chi connectivity index (χ0) is 24.3. The molecule has 4 heterocycles. The summed E-state index contributed by atoms with van der Waals surface area (Å²) in [4.78, 5) is 12.8. The number of aryl methyl sites for hydroxylation is 1. The lowest BCUT2D eigenvalue weighted by Crippen LogP contribution is -2.34. The van der Waals surface area contributed by atoms with Crippen molar-refractivity contribution < 1.29 is 23.0 Å². The van der Waals surface area contributed by atoms with Crippen LogP contribution in [0.5, 0.6) is 5.88 Å². The Balaban J connectivity index is 1.68. The van der Waals surface area contributed by atoms with Crippen molar-refractivity contribution in [1.29, 1.82) is 0 Å². The SMILES string of the molecule is CCCO[C@@H](c1ncc(C)cn1)[C@H](C)S(=O)(=O)Nc1nnc2n1[C@H](CO)COc1ncccc1-2. The first kappa shape index (κ1) is 24.0. The average Bonchev–Trinajstić information content (AvgIpc) is 3.15. The molecule has 3 aromatic rings. The second-order valence-electron chi connectivity index (χ2n) is 7.98. The molecule has 1 aliphatic rings. The van der Waals surface area contributed by atoms with Gasteiger partial charge in [0.05, 0.1) is 18.2 Å². The van der Waals surface area contributed by atoms with Crippen LogP contribution < -0.4 is 9.46 Å². The van der Waals surface area contributed by atoms with Crippen LogP contribution in [0.25, 0.3) is 11.4 Å². The molecular weight excluding hydrogens is 462 g/mol. The van der Waals surface area contributed by atoms with Gasteiger partial charge >= 0.3 is 0 Å². The third-order valence-electron chi connectivity index (χ3n) is 5.40. The van der Waals surface area contributed by atoms with Gasteiger partial charge in [0.25, 0.3) is 0 Å². The molecule has 0 amide bonds. The third-order valence-corrected chi connectivity index (χ3v) is 7.10. The number of sulfonamides is 1. The number of nitrogens with one attached hydrogen (secondary N) is 1. The Kier molecular flexibility index (Phi) is 7.05. The molecule has 3 atom stereocenters. The molecule has 0 fully saturated rings. The minimum absolute atomic E-state index is 0.0414. The molecule has 182 valence electrons. The van der Waals surface area contributed by atoms with Gasteiger partial charge in [0.1, 0.15) is 18.0 Å². The minimum Gasteiger partial charge on any atom is -0.475 e. The summed E-state index contributed by atoms with van der Waals surface area (Å²) in [7, 11) is -4.04. The van der Waals surface area contributed by atoms with Crippen molar-refractivity contribution in [3.63, 3.8) is 0 Å². The van der Waals surface area contributed by atoms with E-state index in [1.54, 1.807) is 30.7 Å². The molecule has 0 aliphatic carbocycles. The summed E-state index contributed by atoms with van der Waals surface area (Å²) in [6, 6.07) is 2.83. The van der Waals surface area contributed by atoms with Crippen molar-refractivity contribution in [2.24, 2.45) is 0 Å². The summed E-state index contributed by atoms with van der Waals surface area (Å²) in [5.41, 5.74) is 1.39. The van der Waals surface area contributed by atoms with Gasteiger partial charge in [-0.15, -0.1) is 10.2 Å². The van der Waals surface area contributed by atoms with Crippen LogP contribution in [0.4, 0.5) is 5.95 Å². The van der Waals surface area contributed by atoms with Gasteiger partial charge in [0.15, 0.2) is 11.6 Å². The second-order valence-corrected chi connectivity index (χ2v) is 10.0. The van der Waals surface area contributed by atoms with E-state index in [9.17, 15) is 13.5 Å². The van der Waals surface area contributed by atoms with E-state index in [1.165, 1.54) is 11.5 Å². The first-order valence-electron chi connectivity index (χ1n) is 10.9. The van der Waals surface area contributed by atoms with E-state index >= 15 is 0 Å². The number of rotatable bonds is 9. The smallest absolute Gasteiger partial charge is 0.240 e. The number of aliphatic hydroxyl groups excluding tert-OH is 1. The molecule has 0 saturated carbocycles. The molecule has 3 aromatic heterocycles. The lowest BCUT2D eigenvalue weighted by Gasteiger charge is -2.24. The van der Waals surface area contributed by atoms with Crippen molar-refractivity contribution in [3.05, 3.63) is 42.1 Å². The summed E-state index contributed by atoms with van der Waals surface area (Å²) in [6.45, 7) is 5.39. The molecule has 0 radical (unpaired) electrons. The molecule has 0 bridgehead atoms. The molecule has 0 unspecified atom stereocenters. The number of hydrogen-bond donors (Lipinski definition) is 2. The fourth-order valence-electron chi connectivity index (χ4n) is 3.55. The lowest BCUT2D eigenvalue weighted by atomic mass is 10.2. The highest BCUT2D eigenvalue weighted by molar-refractivity contribution is 7.93. The van der Waals surface area contributed by atoms with E-state index in [4.69, 9.17) is 9.47 Å². The normalized spacial score (nSPS) is 17.1. The molecule has 12 nitrogen and oxygen atoms in total. The van der Waals surface area contributed by atoms with Crippen molar-refractivity contribution in [2.75, 3.05) is 24.5 Å². The topological polar surface area (TPSA) is 154 Å². The fourth-order valence-corrected chi connectivity index (χ4v) is 4.65. The Morgan fingerprint density at radius 3 is 2.76 bits per heavy atom. The van der Waals surface area contributed by atoms with Crippen LogP contribution >= 0.6 is 0 Å². The molecule has 13 heteroatoms. The van der Waals surface area contributed by atoms with E-state index in [2.05, 4.69) is 29.9 Å². The summed E-state index contributed by atoms with van der Waals surface area (Å²) in [5.74, 6) is 0.906. The number of aliphatic hydroxyl groups is 1. The molecule has 0 spiro atoms. The second kappa shape index (κ2) is 9.99. The van der Waals surface area contributed by atoms with Gasteiger partial charge in [0, 0.05) is 25.2 Å². The zero-order valence-electron chi connectivity index (χ0n) is 19.1. The van der Waals surface area contributed by atoms with Crippen LogP contribution in [0, 0.1) is 6.92 Å². The predicted octanol–water partition coefficient (Wildman–Crippen LogP) is 1.66. The summed E-state index contributed by atoms with van der Waals surface area (Å²) >= 11 is 0. The van der Waals surface area contributed by atoms with Crippen LogP contribution in [0.3, 0.4) is 0 Å². The predicted molar refractivity (Wildman–Crippen MR) is 123 cm³/mol. The standard InChI is InChI=1S/C21H27N7O5S/c1-4-8-32-17(18-23-9-13(2)10-24-18)14(3)34(30,31)27-21-26-25-19-16-6-5-7-22-20(16)33-12-15(11-29)28(19)21/h5-7,9-10,14-15,17,29H,4,8,11-12H2,1-3H3,(H,26,27)/t14-,15+,17+/m0/s1. The Labute approximate surface area is 197 Å². The highest BCUT2D eigenvalue weighted by Crippen LogP contribution is 2.35. The Morgan fingerprint density at radius 2 is 2.06 bits per heavy atom. The molecule has 1 aliphatic heterocycles. The van der Waals surface area contributed by atoms with Gasteiger partial charge in [-0.3, -0.25) is 9.29 Å². The summed E-state index contributed by atoms with van der Waals surface area (Å²) < 4.78 is 42.4. The molecule has 0 aromatic carbocycles. The first-order valence-corrected chi connectivity index (χ1v) is 12.5. The van der Waals surface area contributed by atoms with E-state index in [0.717, 1.165) is 5.56 Å². The molecule has 0 saturated heterocycles. The van der Waals surface area contributed by atoms with Crippen molar-refractivity contribution in [3.8, 4) is 17.3 Å². The number of anilines is 1. The van der Waals surface area contributed by atoms with Gasteiger partial charge in [-0.1, -0.05) is 6.92 Å². The first-order chi connectivity index (χ1) is 16.4. The van der Waals surface area contributed by atoms with Gasteiger partial charge < -0.3 is 14.6 Å². The summed E-state index contributed by atoms with van der Waals surface area (Å²) in [5, 5.41) is 17.1.